The number of aryl methyl sites for hydroxylation is 1. The number of aromatic nitrogens is 3. The zero-order valence-corrected chi connectivity index (χ0v) is 10.9. The normalized spacial score (nSPS) is 10.2. The van der Waals surface area contributed by atoms with Gasteiger partial charge in [0.15, 0.2) is 12.4 Å². The molecule has 1 aromatic heterocycles. The van der Waals surface area contributed by atoms with Crippen molar-refractivity contribution in [2.24, 2.45) is 7.05 Å². The van der Waals surface area contributed by atoms with E-state index in [1.54, 1.807) is 18.7 Å². The Kier molecular flexibility index (Phi) is 4.12. The van der Waals surface area contributed by atoms with Crippen LogP contribution in [0.3, 0.4) is 0 Å². The first-order chi connectivity index (χ1) is 9.20. The second-order valence-corrected chi connectivity index (χ2v) is 3.80. The summed E-state index contributed by atoms with van der Waals surface area (Å²) in [6.45, 7) is 1.88. The van der Waals surface area contributed by atoms with Crippen molar-refractivity contribution >= 4 is 5.97 Å². The highest BCUT2D eigenvalue weighted by Crippen LogP contribution is 2.18. The van der Waals surface area contributed by atoms with Gasteiger partial charge >= 0.3 is 12.0 Å². The lowest BCUT2D eigenvalue weighted by Crippen LogP contribution is -2.15. The molecule has 0 atom stereocenters. The Hall–Kier alpha value is -2.37. The molecular weight excluding hydrogens is 246 g/mol. The Morgan fingerprint density at radius 1 is 1.32 bits per heavy atom. The van der Waals surface area contributed by atoms with E-state index in [2.05, 4.69) is 10.1 Å². The molecule has 1 heterocycles. The van der Waals surface area contributed by atoms with Crippen molar-refractivity contribution in [3.05, 3.63) is 30.3 Å². The number of ether oxygens (including phenoxy) is 2. The van der Waals surface area contributed by atoms with Crippen LogP contribution in [0.2, 0.25) is 0 Å². The Balaban J connectivity index is 2.07. The predicted octanol–water partition coefficient (Wildman–Crippen LogP) is 1.42. The number of carbonyl (C=O) groups excluding carboxylic acids is 1. The lowest BCUT2D eigenvalue weighted by Gasteiger charge is -2.00. The maximum atomic E-state index is 11.2. The molecule has 0 amide bonds. The van der Waals surface area contributed by atoms with Crippen LogP contribution < -0.4 is 4.74 Å². The van der Waals surface area contributed by atoms with Crippen molar-refractivity contribution in [2.75, 3.05) is 13.2 Å². The van der Waals surface area contributed by atoms with Gasteiger partial charge in [-0.25, -0.2) is 9.48 Å². The predicted molar refractivity (Wildman–Crippen MR) is 68.6 cm³/mol. The molecule has 1 aromatic carbocycles. The van der Waals surface area contributed by atoms with E-state index in [1.807, 2.05) is 30.3 Å². The maximum absolute atomic E-state index is 11.2. The third-order valence-electron chi connectivity index (χ3n) is 2.40. The average molecular weight is 261 g/mol. The highest BCUT2D eigenvalue weighted by molar-refractivity contribution is 5.70. The lowest BCUT2D eigenvalue weighted by atomic mass is 10.2. The molecule has 6 nitrogen and oxygen atoms in total. The number of esters is 1. The summed E-state index contributed by atoms with van der Waals surface area (Å²) in [4.78, 5) is 15.4. The van der Waals surface area contributed by atoms with Crippen LogP contribution in [0.1, 0.15) is 6.92 Å². The van der Waals surface area contributed by atoms with E-state index in [4.69, 9.17) is 9.47 Å². The summed E-state index contributed by atoms with van der Waals surface area (Å²) in [5.41, 5.74) is 0.934. The van der Waals surface area contributed by atoms with Crippen LogP contribution in [0.25, 0.3) is 11.4 Å². The molecular formula is C13H15N3O3. The van der Waals surface area contributed by atoms with Crippen molar-refractivity contribution < 1.29 is 14.3 Å². The smallest absolute Gasteiger partial charge is 0.344 e. The largest absolute Gasteiger partial charge is 0.463 e. The molecule has 2 rings (SSSR count). The lowest BCUT2D eigenvalue weighted by molar-refractivity contribution is -0.145. The van der Waals surface area contributed by atoms with Crippen LogP contribution >= 0.6 is 0 Å². The van der Waals surface area contributed by atoms with E-state index in [0.29, 0.717) is 12.4 Å². The summed E-state index contributed by atoms with van der Waals surface area (Å²) >= 11 is 0. The van der Waals surface area contributed by atoms with Crippen molar-refractivity contribution in [1.82, 2.24) is 14.8 Å². The molecule has 0 aliphatic carbocycles. The van der Waals surface area contributed by atoms with Gasteiger partial charge in [0.05, 0.1) is 6.61 Å². The Labute approximate surface area is 111 Å². The molecule has 0 unspecified atom stereocenters. The van der Waals surface area contributed by atoms with Crippen molar-refractivity contribution in [1.29, 1.82) is 0 Å². The Bertz CT molecular complexity index is 552. The van der Waals surface area contributed by atoms with Gasteiger partial charge in [-0.05, 0) is 6.92 Å². The molecule has 0 fully saturated rings. The van der Waals surface area contributed by atoms with E-state index >= 15 is 0 Å². The van der Waals surface area contributed by atoms with Crippen LogP contribution in [-0.4, -0.2) is 33.9 Å². The summed E-state index contributed by atoms with van der Waals surface area (Å²) in [6.07, 6.45) is 0. The Morgan fingerprint density at radius 2 is 2.05 bits per heavy atom. The topological polar surface area (TPSA) is 66.2 Å². The second-order valence-electron chi connectivity index (χ2n) is 3.80. The fourth-order valence-electron chi connectivity index (χ4n) is 1.59. The van der Waals surface area contributed by atoms with Crippen molar-refractivity contribution in [2.45, 2.75) is 6.92 Å². The van der Waals surface area contributed by atoms with E-state index in [0.717, 1.165) is 5.56 Å². The minimum atomic E-state index is -0.434. The minimum absolute atomic E-state index is 0.161. The van der Waals surface area contributed by atoms with E-state index < -0.39 is 5.97 Å². The molecule has 0 radical (unpaired) electrons. The molecule has 19 heavy (non-hydrogen) atoms. The van der Waals surface area contributed by atoms with Gasteiger partial charge in [0.2, 0.25) is 0 Å². The molecule has 0 saturated carbocycles. The fraction of sp³-hybridized carbons (Fsp3) is 0.308. The SMILES string of the molecule is CCOC(=O)COc1nc(-c2ccccc2)n(C)n1. The maximum Gasteiger partial charge on any atom is 0.344 e. The van der Waals surface area contributed by atoms with Crippen molar-refractivity contribution in [3.63, 3.8) is 0 Å². The van der Waals surface area contributed by atoms with Gasteiger partial charge in [-0.3, -0.25) is 0 Å². The summed E-state index contributed by atoms with van der Waals surface area (Å²) < 4.78 is 11.6. The van der Waals surface area contributed by atoms with Gasteiger partial charge in [-0.15, -0.1) is 5.10 Å². The number of carbonyl (C=O) groups is 1. The quantitative estimate of drug-likeness (QED) is 0.762. The van der Waals surface area contributed by atoms with Crippen molar-refractivity contribution in [3.8, 4) is 17.4 Å². The number of nitrogens with zero attached hydrogens (tertiary/aromatic N) is 3. The zero-order chi connectivity index (χ0) is 13.7. The molecule has 0 saturated heterocycles. The molecule has 0 aliphatic rings. The molecule has 0 N–H and O–H groups in total. The van der Waals surface area contributed by atoms with E-state index in [1.165, 1.54) is 0 Å². The summed E-state index contributed by atoms with van der Waals surface area (Å²) in [5.74, 6) is 0.246. The minimum Gasteiger partial charge on any atom is -0.463 e. The van der Waals surface area contributed by atoms with Gasteiger partial charge in [-0.1, -0.05) is 30.3 Å². The van der Waals surface area contributed by atoms with Crippen LogP contribution in [0.15, 0.2) is 30.3 Å². The fourth-order valence-corrected chi connectivity index (χ4v) is 1.59. The first-order valence-corrected chi connectivity index (χ1v) is 5.95. The third-order valence-corrected chi connectivity index (χ3v) is 2.40. The van der Waals surface area contributed by atoms with E-state index in [-0.39, 0.29) is 12.6 Å². The van der Waals surface area contributed by atoms with Gasteiger partial charge < -0.3 is 9.47 Å². The summed E-state index contributed by atoms with van der Waals surface area (Å²) in [7, 11) is 1.77. The second kappa shape index (κ2) is 5.99. The highest BCUT2D eigenvalue weighted by Gasteiger charge is 2.11. The number of hydrogen-bond donors (Lipinski definition) is 0. The number of hydrogen-bond acceptors (Lipinski definition) is 5. The third kappa shape index (κ3) is 3.31. The Morgan fingerprint density at radius 3 is 2.74 bits per heavy atom. The summed E-state index contributed by atoms with van der Waals surface area (Å²) in [5, 5.41) is 4.09. The van der Waals surface area contributed by atoms with Gasteiger partial charge in [0.1, 0.15) is 0 Å². The van der Waals surface area contributed by atoms with Crippen LogP contribution in [0.5, 0.6) is 6.01 Å². The molecule has 100 valence electrons. The number of benzene rings is 1. The standard InChI is InChI=1S/C13H15N3O3/c1-3-18-11(17)9-19-13-14-12(16(2)15-13)10-7-5-4-6-8-10/h4-8H,3,9H2,1-2H3. The first-order valence-electron chi connectivity index (χ1n) is 5.95. The van der Waals surface area contributed by atoms with Crippen LogP contribution in [-0.2, 0) is 16.6 Å². The first kappa shape index (κ1) is 13.1. The highest BCUT2D eigenvalue weighted by atomic mass is 16.6. The number of rotatable bonds is 5. The van der Waals surface area contributed by atoms with E-state index in [9.17, 15) is 4.79 Å². The van der Waals surface area contributed by atoms with Crippen LogP contribution in [0.4, 0.5) is 0 Å². The molecule has 0 aliphatic heterocycles. The van der Waals surface area contributed by atoms with Gasteiger partial charge in [0.25, 0.3) is 0 Å². The molecule has 2 aromatic rings. The average Bonchev–Trinajstić information content (AvgIpc) is 2.79. The molecule has 0 bridgehead atoms. The van der Waals surface area contributed by atoms with Crippen LogP contribution in [0, 0.1) is 0 Å². The molecule has 0 spiro atoms. The zero-order valence-electron chi connectivity index (χ0n) is 10.9. The molecule has 6 heteroatoms. The van der Waals surface area contributed by atoms with Gasteiger partial charge in [0, 0.05) is 12.6 Å². The monoisotopic (exact) mass is 261 g/mol. The summed E-state index contributed by atoms with van der Waals surface area (Å²) in [6, 6.07) is 9.79. The van der Waals surface area contributed by atoms with Gasteiger partial charge in [-0.2, -0.15) is 4.98 Å².